The van der Waals surface area contributed by atoms with E-state index in [2.05, 4.69) is 60.2 Å². The molecule has 0 saturated heterocycles. The number of aromatic nitrogens is 2. The van der Waals surface area contributed by atoms with E-state index < -0.39 is 0 Å². The maximum absolute atomic E-state index is 4.32. The van der Waals surface area contributed by atoms with Gasteiger partial charge in [0.25, 0.3) is 0 Å². The number of hydrogen-bond acceptors (Lipinski definition) is 4. The Labute approximate surface area is 111 Å². The van der Waals surface area contributed by atoms with Crippen molar-refractivity contribution in [1.29, 1.82) is 0 Å². The second-order valence-corrected chi connectivity index (χ2v) is 4.99. The van der Waals surface area contributed by atoms with Crippen LogP contribution in [0.25, 0.3) is 0 Å². The fourth-order valence-corrected chi connectivity index (χ4v) is 1.83. The molecule has 0 fully saturated rings. The van der Waals surface area contributed by atoms with Crippen LogP contribution in [-0.4, -0.2) is 29.8 Å². The Morgan fingerprint density at radius 1 is 1.22 bits per heavy atom. The van der Waals surface area contributed by atoms with Gasteiger partial charge in [0, 0.05) is 19.6 Å². The molecule has 0 bridgehead atoms. The first kappa shape index (κ1) is 14.9. The fraction of sp³-hybridized carbons (Fsp3) is 0.714. The van der Waals surface area contributed by atoms with Crippen molar-refractivity contribution in [3.05, 3.63) is 17.8 Å². The molecule has 1 rings (SSSR count). The summed E-state index contributed by atoms with van der Waals surface area (Å²) in [7, 11) is 0. The molecule has 0 spiro atoms. The Morgan fingerprint density at radius 2 is 2.00 bits per heavy atom. The van der Waals surface area contributed by atoms with Gasteiger partial charge >= 0.3 is 0 Å². The summed E-state index contributed by atoms with van der Waals surface area (Å²) in [6, 6.07) is 4.13. The molecule has 1 aromatic rings. The highest BCUT2D eigenvalue weighted by Crippen LogP contribution is 2.11. The minimum absolute atomic E-state index is 0.637. The van der Waals surface area contributed by atoms with Gasteiger partial charge in [0.15, 0.2) is 5.82 Å². The van der Waals surface area contributed by atoms with E-state index in [1.54, 1.807) is 0 Å². The van der Waals surface area contributed by atoms with E-state index in [1.807, 2.05) is 0 Å². The van der Waals surface area contributed by atoms with Gasteiger partial charge in [-0.25, -0.2) is 0 Å². The molecule has 0 atom stereocenters. The zero-order valence-electron chi connectivity index (χ0n) is 12.1. The van der Waals surface area contributed by atoms with Gasteiger partial charge in [0.2, 0.25) is 0 Å². The van der Waals surface area contributed by atoms with Crippen LogP contribution >= 0.6 is 0 Å². The molecule has 1 N–H and O–H groups in total. The highest BCUT2D eigenvalue weighted by atomic mass is 15.3. The maximum atomic E-state index is 4.32. The molecule has 0 saturated carbocycles. The van der Waals surface area contributed by atoms with Crippen LogP contribution in [0.15, 0.2) is 12.1 Å². The standard InChI is InChI=1S/C14H26N4/c1-5-9-15-10-13-7-8-14(17-16-13)18(6-2)11-12(3)4/h7-8,12,15H,5-6,9-11H2,1-4H3. The molecular formula is C14H26N4. The van der Waals surface area contributed by atoms with E-state index in [0.717, 1.165) is 44.1 Å². The van der Waals surface area contributed by atoms with E-state index in [4.69, 9.17) is 0 Å². The number of anilines is 1. The first-order valence-electron chi connectivity index (χ1n) is 6.95. The largest absolute Gasteiger partial charge is 0.355 e. The minimum Gasteiger partial charge on any atom is -0.355 e. The summed E-state index contributed by atoms with van der Waals surface area (Å²) in [6.07, 6.45) is 1.14. The predicted octanol–water partition coefficient (Wildman–Crippen LogP) is 2.46. The van der Waals surface area contributed by atoms with Crippen molar-refractivity contribution < 1.29 is 0 Å². The Kier molecular flexibility index (Phi) is 6.65. The van der Waals surface area contributed by atoms with Crippen LogP contribution in [0.1, 0.15) is 39.8 Å². The monoisotopic (exact) mass is 250 g/mol. The third kappa shape index (κ3) is 5.00. The second-order valence-electron chi connectivity index (χ2n) is 4.99. The quantitative estimate of drug-likeness (QED) is 0.720. The van der Waals surface area contributed by atoms with Gasteiger partial charge in [-0.05, 0) is 37.9 Å². The minimum atomic E-state index is 0.637. The third-order valence-corrected chi connectivity index (χ3v) is 2.73. The van der Waals surface area contributed by atoms with Crippen LogP contribution in [-0.2, 0) is 6.54 Å². The van der Waals surface area contributed by atoms with Crippen molar-refractivity contribution in [3.8, 4) is 0 Å². The van der Waals surface area contributed by atoms with E-state index in [-0.39, 0.29) is 0 Å². The molecule has 4 heteroatoms. The fourth-order valence-electron chi connectivity index (χ4n) is 1.83. The van der Waals surface area contributed by atoms with Crippen LogP contribution < -0.4 is 10.2 Å². The van der Waals surface area contributed by atoms with Gasteiger partial charge in [-0.15, -0.1) is 5.10 Å². The van der Waals surface area contributed by atoms with Crippen LogP contribution in [0.4, 0.5) is 5.82 Å². The Balaban J connectivity index is 2.57. The lowest BCUT2D eigenvalue weighted by Gasteiger charge is -2.23. The van der Waals surface area contributed by atoms with E-state index in [0.29, 0.717) is 5.92 Å². The highest BCUT2D eigenvalue weighted by Gasteiger charge is 2.08. The van der Waals surface area contributed by atoms with Crippen molar-refractivity contribution in [3.63, 3.8) is 0 Å². The molecule has 4 nitrogen and oxygen atoms in total. The molecule has 0 aliphatic heterocycles. The maximum Gasteiger partial charge on any atom is 0.151 e. The van der Waals surface area contributed by atoms with Gasteiger partial charge in [-0.1, -0.05) is 20.8 Å². The topological polar surface area (TPSA) is 41.0 Å². The SMILES string of the molecule is CCCNCc1ccc(N(CC)CC(C)C)nn1. The Hall–Kier alpha value is -1.16. The van der Waals surface area contributed by atoms with Crippen LogP contribution in [0.2, 0.25) is 0 Å². The normalized spacial score (nSPS) is 10.9. The molecule has 0 aliphatic rings. The summed E-state index contributed by atoms with van der Waals surface area (Å²) in [5.74, 6) is 1.61. The predicted molar refractivity (Wildman–Crippen MR) is 76.8 cm³/mol. The second kappa shape index (κ2) is 8.03. The van der Waals surface area contributed by atoms with Crippen molar-refractivity contribution in [2.75, 3.05) is 24.5 Å². The van der Waals surface area contributed by atoms with Crippen molar-refractivity contribution in [1.82, 2.24) is 15.5 Å². The molecule has 1 aromatic heterocycles. The van der Waals surface area contributed by atoms with Crippen molar-refractivity contribution in [2.24, 2.45) is 5.92 Å². The molecule has 102 valence electrons. The average molecular weight is 250 g/mol. The summed E-state index contributed by atoms with van der Waals surface area (Å²) < 4.78 is 0. The molecule has 1 heterocycles. The lowest BCUT2D eigenvalue weighted by atomic mass is 10.2. The lowest BCUT2D eigenvalue weighted by Crippen LogP contribution is -2.28. The van der Waals surface area contributed by atoms with E-state index >= 15 is 0 Å². The van der Waals surface area contributed by atoms with Gasteiger partial charge in [-0.3, -0.25) is 0 Å². The summed E-state index contributed by atoms with van der Waals surface area (Å²) in [5.41, 5.74) is 1.01. The summed E-state index contributed by atoms with van der Waals surface area (Å²) in [5, 5.41) is 11.9. The first-order valence-corrected chi connectivity index (χ1v) is 6.95. The lowest BCUT2D eigenvalue weighted by molar-refractivity contribution is 0.609. The number of nitrogens with zero attached hydrogens (tertiary/aromatic N) is 3. The van der Waals surface area contributed by atoms with Gasteiger partial charge in [0.1, 0.15) is 0 Å². The van der Waals surface area contributed by atoms with E-state index in [1.165, 1.54) is 0 Å². The smallest absolute Gasteiger partial charge is 0.151 e. The highest BCUT2D eigenvalue weighted by molar-refractivity contribution is 5.37. The molecule has 0 unspecified atom stereocenters. The van der Waals surface area contributed by atoms with Crippen LogP contribution in [0.3, 0.4) is 0 Å². The zero-order valence-corrected chi connectivity index (χ0v) is 12.1. The Morgan fingerprint density at radius 3 is 2.50 bits per heavy atom. The summed E-state index contributed by atoms with van der Waals surface area (Å²) >= 11 is 0. The van der Waals surface area contributed by atoms with Crippen molar-refractivity contribution >= 4 is 5.82 Å². The van der Waals surface area contributed by atoms with Gasteiger partial charge < -0.3 is 10.2 Å². The molecular weight excluding hydrogens is 224 g/mol. The first-order chi connectivity index (χ1) is 8.67. The van der Waals surface area contributed by atoms with Gasteiger partial charge in [0.05, 0.1) is 5.69 Å². The molecule has 0 radical (unpaired) electrons. The van der Waals surface area contributed by atoms with Crippen LogP contribution in [0.5, 0.6) is 0 Å². The van der Waals surface area contributed by atoms with Gasteiger partial charge in [-0.2, -0.15) is 5.10 Å². The molecule has 18 heavy (non-hydrogen) atoms. The molecule has 0 amide bonds. The summed E-state index contributed by atoms with van der Waals surface area (Å²) in [6.45, 7) is 12.6. The van der Waals surface area contributed by atoms with E-state index in [9.17, 15) is 0 Å². The zero-order chi connectivity index (χ0) is 13.4. The molecule has 0 aliphatic carbocycles. The van der Waals surface area contributed by atoms with Crippen LogP contribution in [0, 0.1) is 5.92 Å². The Bertz CT molecular complexity index is 321. The van der Waals surface area contributed by atoms with Crippen molar-refractivity contribution in [2.45, 2.75) is 40.7 Å². The summed E-state index contributed by atoms with van der Waals surface area (Å²) in [4.78, 5) is 2.26. The molecule has 0 aromatic carbocycles. The number of rotatable bonds is 8. The third-order valence-electron chi connectivity index (χ3n) is 2.73. The average Bonchev–Trinajstić information content (AvgIpc) is 2.37. The number of hydrogen-bond donors (Lipinski definition) is 1. The number of nitrogens with one attached hydrogen (secondary N) is 1.